The van der Waals surface area contributed by atoms with Crippen LogP contribution in [0.5, 0.6) is 0 Å². The zero-order chi connectivity index (χ0) is 22.5. The summed E-state index contributed by atoms with van der Waals surface area (Å²) in [7, 11) is 0. The maximum Gasteiger partial charge on any atom is 0.273 e. The van der Waals surface area contributed by atoms with E-state index in [0.29, 0.717) is 35.1 Å². The van der Waals surface area contributed by atoms with E-state index in [1.54, 1.807) is 0 Å². The minimum Gasteiger partial charge on any atom is -0.356 e. The van der Waals surface area contributed by atoms with Crippen LogP contribution < -0.4 is 21.1 Å². The smallest absolute Gasteiger partial charge is 0.273 e. The van der Waals surface area contributed by atoms with Crippen molar-refractivity contribution >= 4 is 38.6 Å². The average molecular weight is 455 g/mol. The van der Waals surface area contributed by atoms with Crippen molar-refractivity contribution in [3.8, 4) is 0 Å². The van der Waals surface area contributed by atoms with Gasteiger partial charge in [0.1, 0.15) is 17.6 Å². The summed E-state index contributed by atoms with van der Waals surface area (Å²) in [6.45, 7) is 4.17. The molecule has 10 heteroatoms. The number of carbonyl (C=O) groups is 2. The largest absolute Gasteiger partial charge is 0.356 e. The second kappa shape index (κ2) is 9.90. The number of benzene rings is 1. The molecule has 32 heavy (non-hydrogen) atoms. The van der Waals surface area contributed by atoms with Gasteiger partial charge in [0.15, 0.2) is 10.8 Å². The third kappa shape index (κ3) is 4.96. The predicted molar refractivity (Wildman–Crippen MR) is 124 cm³/mol. The highest BCUT2D eigenvalue weighted by molar-refractivity contribution is 7.22. The van der Waals surface area contributed by atoms with Crippen molar-refractivity contribution < 1.29 is 9.59 Å². The van der Waals surface area contributed by atoms with E-state index >= 15 is 0 Å². The molecule has 9 nitrogen and oxygen atoms in total. The molecule has 1 atom stereocenters. The Labute approximate surface area is 189 Å². The molecule has 1 aliphatic heterocycles. The van der Waals surface area contributed by atoms with Crippen LogP contribution >= 0.6 is 11.3 Å². The van der Waals surface area contributed by atoms with Gasteiger partial charge in [-0.15, -0.1) is 0 Å². The van der Waals surface area contributed by atoms with Gasteiger partial charge >= 0.3 is 0 Å². The molecule has 1 saturated heterocycles. The Bertz CT molecular complexity index is 1160. The Hall–Kier alpha value is -3.27. The van der Waals surface area contributed by atoms with E-state index in [9.17, 15) is 14.4 Å². The molecule has 168 valence electrons. The summed E-state index contributed by atoms with van der Waals surface area (Å²) < 4.78 is 1.72. The van der Waals surface area contributed by atoms with Crippen LogP contribution in [0.2, 0.25) is 0 Å². The second-order valence-corrected chi connectivity index (χ2v) is 8.75. The molecule has 0 spiro atoms. The lowest BCUT2D eigenvalue weighted by Crippen LogP contribution is -2.43. The lowest BCUT2D eigenvalue weighted by Gasteiger charge is -2.31. The summed E-state index contributed by atoms with van der Waals surface area (Å²) in [5.41, 5.74) is 1.07. The first kappa shape index (κ1) is 21.9. The van der Waals surface area contributed by atoms with Gasteiger partial charge in [0.05, 0.1) is 5.92 Å². The minimum absolute atomic E-state index is 0.0558. The highest BCUT2D eigenvalue weighted by atomic mass is 32.1. The summed E-state index contributed by atoms with van der Waals surface area (Å²) in [4.78, 5) is 48.3. The Balaban J connectivity index is 1.46. The van der Waals surface area contributed by atoms with Crippen molar-refractivity contribution in [1.29, 1.82) is 0 Å². The molecule has 2 amide bonds. The standard InChI is InChI=1S/C22H26N6O3S/c1-2-23-20(30)16-9-6-10-27(12-16)22-26-19-18(32-22)21(31)28(14-25-19)13-17(29)24-11-15-7-4-3-5-8-15/h3-5,7-8,14,16H,2,6,9-13H2,1H3,(H,23,30)(H,24,29). The maximum atomic E-state index is 12.9. The Kier molecular flexibility index (Phi) is 6.79. The van der Waals surface area contributed by atoms with Crippen molar-refractivity contribution in [2.45, 2.75) is 32.9 Å². The molecule has 3 aromatic rings. The summed E-state index contributed by atoms with van der Waals surface area (Å²) in [5.74, 6) is -0.295. The van der Waals surface area contributed by atoms with Crippen LogP contribution in [0.25, 0.3) is 10.3 Å². The molecule has 1 unspecified atom stereocenters. The third-order valence-corrected chi connectivity index (χ3v) is 6.53. The highest BCUT2D eigenvalue weighted by Crippen LogP contribution is 2.29. The van der Waals surface area contributed by atoms with Gasteiger partial charge in [-0.05, 0) is 25.3 Å². The first-order chi connectivity index (χ1) is 15.5. The Morgan fingerprint density at radius 2 is 2.03 bits per heavy atom. The zero-order valence-corrected chi connectivity index (χ0v) is 18.7. The van der Waals surface area contributed by atoms with Crippen LogP contribution in [0.1, 0.15) is 25.3 Å². The Morgan fingerprint density at radius 3 is 2.81 bits per heavy atom. The molecular weight excluding hydrogens is 428 g/mol. The number of fused-ring (bicyclic) bond motifs is 1. The van der Waals surface area contributed by atoms with Gasteiger partial charge < -0.3 is 15.5 Å². The van der Waals surface area contributed by atoms with Crippen molar-refractivity contribution in [1.82, 2.24) is 25.2 Å². The summed E-state index contributed by atoms with van der Waals surface area (Å²) in [6, 6.07) is 9.59. The molecule has 0 saturated carbocycles. The summed E-state index contributed by atoms with van der Waals surface area (Å²) in [5, 5.41) is 6.39. The fourth-order valence-electron chi connectivity index (χ4n) is 3.77. The minimum atomic E-state index is -0.286. The van der Waals surface area contributed by atoms with Crippen LogP contribution in [-0.2, 0) is 22.7 Å². The SMILES string of the molecule is CCNC(=O)C1CCCN(c2nc3ncn(CC(=O)NCc4ccccc4)c(=O)c3s2)C1. The van der Waals surface area contributed by atoms with E-state index in [1.807, 2.05) is 42.2 Å². The highest BCUT2D eigenvalue weighted by Gasteiger charge is 2.27. The summed E-state index contributed by atoms with van der Waals surface area (Å²) in [6.07, 6.45) is 3.09. The zero-order valence-electron chi connectivity index (χ0n) is 17.9. The van der Waals surface area contributed by atoms with Gasteiger partial charge in [-0.2, -0.15) is 4.98 Å². The van der Waals surface area contributed by atoms with E-state index in [0.717, 1.165) is 24.9 Å². The number of hydrogen-bond donors (Lipinski definition) is 2. The number of hydrogen-bond acceptors (Lipinski definition) is 7. The molecule has 0 bridgehead atoms. The van der Waals surface area contributed by atoms with Crippen molar-refractivity contribution in [2.24, 2.45) is 5.92 Å². The molecule has 1 aliphatic rings. The lowest BCUT2D eigenvalue weighted by molar-refractivity contribution is -0.125. The fraction of sp³-hybridized carbons (Fsp3) is 0.409. The molecule has 0 aliphatic carbocycles. The molecular formula is C22H26N6O3S. The van der Waals surface area contributed by atoms with Crippen LogP contribution in [0.4, 0.5) is 5.13 Å². The van der Waals surface area contributed by atoms with Gasteiger partial charge in [-0.1, -0.05) is 41.7 Å². The molecule has 4 rings (SSSR count). The molecule has 1 fully saturated rings. The van der Waals surface area contributed by atoms with Gasteiger partial charge in [0, 0.05) is 26.2 Å². The molecule has 3 heterocycles. The number of thiazole rings is 1. The quantitative estimate of drug-likeness (QED) is 0.560. The van der Waals surface area contributed by atoms with Gasteiger partial charge in [0.25, 0.3) is 5.56 Å². The average Bonchev–Trinajstić information content (AvgIpc) is 3.26. The first-order valence-electron chi connectivity index (χ1n) is 10.7. The molecule has 2 N–H and O–H groups in total. The van der Waals surface area contributed by atoms with Crippen LogP contribution in [0.3, 0.4) is 0 Å². The summed E-state index contributed by atoms with van der Waals surface area (Å²) >= 11 is 1.26. The van der Waals surface area contributed by atoms with E-state index in [4.69, 9.17) is 0 Å². The van der Waals surface area contributed by atoms with Crippen LogP contribution in [-0.4, -0.2) is 46.0 Å². The topological polar surface area (TPSA) is 109 Å². The maximum absolute atomic E-state index is 12.9. The molecule has 1 aromatic carbocycles. The van der Waals surface area contributed by atoms with Gasteiger partial charge in [-0.25, -0.2) is 4.98 Å². The number of amides is 2. The number of nitrogens with one attached hydrogen (secondary N) is 2. The Morgan fingerprint density at radius 1 is 1.22 bits per heavy atom. The van der Waals surface area contributed by atoms with Crippen LogP contribution in [0.15, 0.2) is 41.5 Å². The number of nitrogens with zero attached hydrogens (tertiary/aromatic N) is 4. The number of carbonyl (C=O) groups excluding carboxylic acids is 2. The van der Waals surface area contributed by atoms with E-state index < -0.39 is 0 Å². The van der Waals surface area contributed by atoms with Gasteiger partial charge in [0.2, 0.25) is 11.8 Å². The van der Waals surface area contributed by atoms with E-state index in [-0.39, 0.29) is 29.8 Å². The van der Waals surface area contributed by atoms with Crippen molar-refractivity contribution in [2.75, 3.05) is 24.5 Å². The van der Waals surface area contributed by atoms with E-state index in [2.05, 4.69) is 20.6 Å². The van der Waals surface area contributed by atoms with Gasteiger partial charge in [-0.3, -0.25) is 19.0 Å². The lowest BCUT2D eigenvalue weighted by atomic mass is 9.97. The third-order valence-electron chi connectivity index (χ3n) is 5.43. The monoisotopic (exact) mass is 454 g/mol. The number of piperidine rings is 1. The second-order valence-electron chi connectivity index (χ2n) is 7.77. The predicted octanol–water partition coefficient (Wildman–Crippen LogP) is 1.52. The van der Waals surface area contributed by atoms with Crippen molar-refractivity contribution in [3.63, 3.8) is 0 Å². The van der Waals surface area contributed by atoms with Crippen molar-refractivity contribution in [3.05, 3.63) is 52.6 Å². The number of rotatable bonds is 7. The van der Waals surface area contributed by atoms with Crippen LogP contribution in [0, 0.1) is 5.92 Å². The number of anilines is 1. The fourth-order valence-corrected chi connectivity index (χ4v) is 4.78. The first-order valence-corrected chi connectivity index (χ1v) is 11.6. The molecule has 0 radical (unpaired) electrons. The normalized spacial score (nSPS) is 16.2. The number of aromatic nitrogens is 3. The van der Waals surface area contributed by atoms with E-state index in [1.165, 1.54) is 22.2 Å². The molecule has 2 aromatic heterocycles.